The average Bonchev–Trinajstić information content (AvgIpc) is 3.17. The summed E-state index contributed by atoms with van der Waals surface area (Å²) in [7, 11) is 3.20. The van der Waals surface area contributed by atoms with Crippen molar-refractivity contribution in [3.8, 4) is 5.75 Å². The number of anilines is 1. The summed E-state index contributed by atoms with van der Waals surface area (Å²) >= 11 is 6.44. The summed E-state index contributed by atoms with van der Waals surface area (Å²) < 4.78 is 23.6. The van der Waals surface area contributed by atoms with Gasteiger partial charge < -0.3 is 28.7 Å². The highest BCUT2D eigenvalue weighted by atomic mass is 35.5. The van der Waals surface area contributed by atoms with Crippen molar-refractivity contribution in [2.45, 2.75) is 82.8 Å². The number of amides is 1. The number of benzene rings is 2. The van der Waals surface area contributed by atoms with Gasteiger partial charge in [-0.25, -0.2) is 9.59 Å². The molecule has 2 heterocycles. The van der Waals surface area contributed by atoms with E-state index in [1.54, 1.807) is 18.0 Å². The Morgan fingerprint density at radius 2 is 1.98 bits per heavy atom. The molecule has 1 spiro atoms. The maximum atomic E-state index is 12.6. The fourth-order valence-electron chi connectivity index (χ4n) is 7.85. The number of aryl methyl sites for hydroxylation is 1. The van der Waals surface area contributed by atoms with Crippen LogP contribution in [0.2, 0.25) is 5.02 Å². The monoisotopic (exact) mass is 664 g/mol. The van der Waals surface area contributed by atoms with Crippen molar-refractivity contribution in [3.05, 3.63) is 69.8 Å². The van der Waals surface area contributed by atoms with Crippen LogP contribution in [0.4, 0.5) is 10.5 Å². The lowest BCUT2D eigenvalue weighted by Crippen LogP contribution is -2.50. The first-order valence-electron chi connectivity index (χ1n) is 17.1. The minimum absolute atomic E-state index is 0.149. The summed E-state index contributed by atoms with van der Waals surface area (Å²) in [4.78, 5) is 29.2. The van der Waals surface area contributed by atoms with Crippen LogP contribution in [0.1, 0.15) is 80.8 Å². The number of hydrogen-bond acceptors (Lipinski definition) is 7. The van der Waals surface area contributed by atoms with E-state index in [2.05, 4.69) is 23.1 Å². The van der Waals surface area contributed by atoms with E-state index in [9.17, 15) is 9.59 Å². The van der Waals surface area contributed by atoms with E-state index in [4.69, 9.17) is 30.5 Å². The van der Waals surface area contributed by atoms with Gasteiger partial charge in [0.25, 0.3) is 0 Å². The molecule has 6 rings (SSSR count). The second kappa shape index (κ2) is 13.7. The minimum atomic E-state index is -0.518. The molecule has 8 nitrogen and oxygen atoms in total. The van der Waals surface area contributed by atoms with Gasteiger partial charge in [0.05, 0.1) is 37.7 Å². The molecule has 9 heteroatoms. The van der Waals surface area contributed by atoms with Crippen molar-refractivity contribution in [1.29, 1.82) is 0 Å². The number of carbonyl (C=O) groups excluding carboxylic acids is 2. The van der Waals surface area contributed by atoms with Gasteiger partial charge in [-0.3, -0.25) is 0 Å². The molecular formula is C38H49ClN2O6. The molecule has 2 aliphatic carbocycles. The molecule has 254 valence electrons. The molecule has 0 N–H and O–H groups in total. The first kappa shape index (κ1) is 33.7. The molecule has 2 aromatic rings. The summed E-state index contributed by atoms with van der Waals surface area (Å²) in [5.74, 6) is 1.34. The van der Waals surface area contributed by atoms with Crippen LogP contribution in [-0.4, -0.2) is 75.7 Å². The van der Waals surface area contributed by atoms with Crippen molar-refractivity contribution in [2.75, 3.05) is 51.9 Å². The second-order valence-corrected chi connectivity index (χ2v) is 15.3. The van der Waals surface area contributed by atoms with Gasteiger partial charge in [-0.15, -0.1) is 0 Å². The molecule has 1 unspecified atom stereocenters. The molecule has 2 aromatic carbocycles. The van der Waals surface area contributed by atoms with Gasteiger partial charge in [-0.2, -0.15) is 0 Å². The van der Waals surface area contributed by atoms with Crippen LogP contribution in [0.15, 0.2) is 48.0 Å². The Labute approximate surface area is 284 Å². The smallest absolute Gasteiger partial charge is 0.410 e. The van der Waals surface area contributed by atoms with E-state index >= 15 is 0 Å². The molecule has 2 aliphatic heterocycles. The Morgan fingerprint density at radius 1 is 1.15 bits per heavy atom. The summed E-state index contributed by atoms with van der Waals surface area (Å²) in [5, 5.41) is 0.771. The van der Waals surface area contributed by atoms with E-state index < -0.39 is 5.60 Å². The topological polar surface area (TPSA) is 77.5 Å². The number of rotatable bonds is 6. The van der Waals surface area contributed by atoms with E-state index in [1.807, 2.05) is 39.0 Å². The molecule has 1 amide bonds. The van der Waals surface area contributed by atoms with Crippen LogP contribution in [0.5, 0.6) is 5.75 Å². The van der Waals surface area contributed by atoms with Crippen molar-refractivity contribution in [1.82, 2.24) is 4.90 Å². The van der Waals surface area contributed by atoms with Gasteiger partial charge in [0.2, 0.25) is 0 Å². The lowest BCUT2D eigenvalue weighted by molar-refractivity contribution is -0.0532. The van der Waals surface area contributed by atoms with Gasteiger partial charge in [0, 0.05) is 37.1 Å². The highest BCUT2D eigenvalue weighted by Gasteiger charge is 2.45. The van der Waals surface area contributed by atoms with Crippen molar-refractivity contribution < 1.29 is 28.5 Å². The zero-order valence-corrected chi connectivity index (χ0v) is 29.2. The van der Waals surface area contributed by atoms with Crippen molar-refractivity contribution in [2.24, 2.45) is 11.8 Å². The zero-order valence-electron chi connectivity index (χ0n) is 28.5. The first-order valence-corrected chi connectivity index (χ1v) is 17.5. The Morgan fingerprint density at radius 3 is 2.72 bits per heavy atom. The van der Waals surface area contributed by atoms with Crippen LogP contribution >= 0.6 is 11.6 Å². The van der Waals surface area contributed by atoms with E-state index in [0.717, 1.165) is 74.5 Å². The van der Waals surface area contributed by atoms with Crippen LogP contribution in [0, 0.1) is 11.8 Å². The molecule has 0 radical (unpaired) electrons. The van der Waals surface area contributed by atoms with Gasteiger partial charge >= 0.3 is 12.1 Å². The number of methoxy groups -OCH3 is 1. The minimum Gasteiger partial charge on any atom is -0.490 e. The van der Waals surface area contributed by atoms with E-state index in [0.29, 0.717) is 37.2 Å². The molecule has 2 fully saturated rings. The molecular weight excluding hydrogens is 616 g/mol. The Balaban J connectivity index is 1.21. The fraction of sp³-hybridized carbons (Fsp3) is 0.579. The van der Waals surface area contributed by atoms with Crippen molar-refractivity contribution in [3.63, 3.8) is 0 Å². The van der Waals surface area contributed by atoms with Gasteiger partial charge in [0.1, 0.15) is 11.4 Å². The average molecular weight is 665 g/mol. The van der Waals surface area contributed by atoms with Crippen LogP contribution in [0.3, 0.4) is 0 Å². The lowest BCUT2D eigenvalue weighted by Gasteiger charge is -2.47. The lowest BCUT2D eigenvalue weighted by atomic mass is 9.67. The first-order chi connectivity index (χ1) is 22.4. The molecule has 0 aromatic heterocycles. The number of hydrogen-bond donors (Lipinski definition) is 0. The third-order valence-electron chi connectivity index (χ3n) is 10.4. The van der Waals surface area contributed by atoms with Gasteiger partial charge in [-0.1, -0.05) is 29.3 Å². The predicted octanol–water partition coefficient (Wildman–Crippen LogP) is 7.60. The SMILES string of the molecule is COC(=O)c1ccc2c(c1)N(C[C@@H]1CC[C@H]1[C@@H]1C/C(=C/CN(C)C(=O)OC(C)(C)C)CCO1)CC1(CCCc3cc(Cl)ccc31)CO2. The number of nitrogens with zero attached hydrogens (tertiary/aromatic N) is 2. The van der Waals surface area contributed by atoms with Crippen LogP contribution in [0.25, 0.3) is 0 Å². The molecule has 47 heavy (non-hydrogen) atoms. The standard InChI is InChI=1S/C38H49ClN2O6/c1-37(2,3)47-36(43)40(4)17-14-25-15-18-45-34(19-25)30-11-8-28(30)22-41-23-38(16-6-7-26-20-29(39)10-12-31(26)38)24-46-33-13-9-27(21-32(33)41)35(42)44-5/h9-10,12-14,20-21,28,30,34H,6-8,11,15-19,22-24H2,1-5H3/b25-14+/t28-,30+,34-,38?/m0/s1. The maximum absolute atomic E-state index is 12.6. The Hall–Kier alpha value is -3.23. The molecule has 4 atom stereocenters. The third-order valence-corrected chi connectivity index (χ3v) is 10.7. The molecule has 0 bridgehead atoms. The quantitative estimate of drug-likeness (QED) is 0.233. The largest absolute Gasteiger partial charge is 0.490 e. The Kier molecular flexibility index (Phi) is 9.82. The summed E-state index contributed by atoms with van der Waals surface area (Å²) in [6.45, 7) is 9.10. The maximum Gasteiger partial charge on any atom is 0.410 e. The highest BCUT2D eigenvalue weighted by Crippen LogP contribution is 2.47. The number of carbonyl (C=O) groups is 2. The summed E-state index contributed by atoms with van der Waals surface area (Å²) in [6, 6.07) is 12.0. The molecule has 1 saturated heterocycles. The molecule has 4 aliphatic rings. The number of halogens is 1. The van der Waals surface area contributed by atoms with Crippen LogP contribution < -0.4 is 9.64 Å². The highest BCUT2D eigenvalue weighted by molar-refractivity contribution is 6.30. The van der Waals surface area contributed by atoms with Gasteiger partial charge in [0.15, 0.2) is 0 Å². The van der Waals surface area contributed by atoms with Gasteiger partial charge in [-0.05, 0) is 119 Å². The normalized spacial score (nSPS) is 26.4. The Bertz CT molecular complexity index is 1520. The summed E-state index contributed by atoms with van der Waals surface area (Å²) in [6.07, 6.45) is 9.18. The zero-order chi connectivity index (χ0) is 33.3. The van der Waals surface area contributed by atoms with E-state index in [1.165, 1.54) is 23.8 Å². The number of ether oxygens (including phenoxy) is 4. The number of likely N-dealkylation sites (N-methyl/N-ethyl adjacent to an activating group) is 1. The van der Waals surface area contributed by atoms with Crippen LogP contribution in [-0.2, 0) is 26.0 Å². The third kappa shape index (κ3) is 7.44. The van der Waals surface area contributed by atoms with Crippen molar-refractivity contribution >= 4 is 29.4 Å². The number of esters is 1. The van der Waals surface area contributed by atoms with E-state index in [-0.39, 0.29) is 23.6 Å². The number of fused-ring (bicyclic) bond motifs is 3. The second-order valence-electron chi connectivity index (χ2n) is 14.9. The molecule has 1 saturated carbocycles. The summed E-state index contributed by atoms with van der Waals surface area (Å²) in [5.41, 5.74) is 4.75. The fourth-order valence-corrected chi connectivity index (χ4v) is 8.05. The predicted molar refractivity (Wildman–Crippen MR) is 184 cm³/mol.